The first kappa shape index (κ1) is 13.2. The van der Waals surface area contributed by atoms with Gasteiger partial charge in [0.15, 0.2) is 0 Å². The number of nitrogens with one attached hydrogen (secondary N) is 1. The molecule has 1 fully saturated rings. The second-order valence-corrected chi connectivity index (χ2v) is 5.29. The van der Waals surface area contributed by atoms with Gasteiger partial charge in [-0.05, 0) is 26.8 Å². The molecule has 0 aromatic carbocycles. The van der Waals surface area contributed by atoms with Gasteiger partial charge in [0.05, 0.1) is 0 Å². The van der Waals surface area contributed by atoms with Crippen molar-refractivity contribution < 1.29 is 9.59 Å². The lowest BCUT2D eigenvalue weighted by Crippen LogP contribution is -2.48. The second-order valence-electron chi connectivity index (χ2n) is 5.29. The lowest BCUT2D eigenvalue weighted by atomic mass is 9.98. The number of carbonyl (C=O) groups is 2. The Morgan fingerprint density at radius 3 is 2.19 bits per heavy atom. The minimum atomic E-state index is -0.368. The van der Waals surface area contributed by atoms with Gasteiger partial charge >= 0.3 is 0 Å². The van der Waals surface area contributed by atoms with Crippen LogP contribution in [0.15, 0.2) is 0 Å². The number of nitrogens with zero attached hydrogens (tertiary/aromatic N) is 1. The first-order chi connectivity index (χ1) is 7.34. The summed E-state index contributed by atoms with van der Waals surface area (Å²) in [6, 6.07) is 0.431. The molecule has 92 valence electrons. The zero-order chi connectivity index (χ0) is 12.3. The summed E-state index contributed by atoms with van der Waals surface area (Å²) in [7, 11) is 0. The van der Waals surface area contributed by atoms with Crippen LogP contribution in [0.4, 0.5) is 0 Å². The highest BCUT2D eigenvalue weighted by Crippen LogP contribution is 2.25. The lowest BCUT2D eigenvalue weighted by molar-refractivity contribution is -0.144. The van der Waals surface area contributed by atoms with Crippen molar-refractivity contribution in [1.29, 1.82) is 0 Å². The summed E-state index contributed by atoms with van der Waals surface area (Å²) >= 11 is 0. The maximum absolute atomic E-state index is 11.6. The predicted molar refractivity (Wildman–Crippen MR) is 62.9 cm³/mol. The first-order valence-electron chi connectivity index (χ1n) is 5.94. The highest BCUT2D eigenvalue weighted by Gasteiger charge is 2.39. The van der Waals surface area contributed by atoms with E-state index in [9.17, 15) is 9.59 Å². The van der Waals surface area contributed by atoms with Gasteiger partial charge in [0.25, 0.3) is 0 Å². The Labute approximate surface area is 97.4 Å². The molecule has 2 amide bonds. The van der Waals surface area contributed by atoms with E-state index >= 15 is 0 Å². The Kier molecular flexibility index (Phi) is 4.08. The smallest absolute Gasteiger partial charge is 0.230 e. The van der Waals surface area contributed by atoms with Gasteiger partial charge in [0.2, 0.25) is 11.8 Å². The van der Waals surface area contributed by atoms with Gasteiger partial charge in [-0.1, -0.05) is 13.8 Å². The van der Waals surface area contributed by atoms with Crippen molar-refractivity contribution in [1.82, 2.24) is 10.2 Å². The third-order valence-corrected chi connectivity index (χ3v) is 2.95. The summed E-state index contributed by atoms with van der Waals surface area (Å²) in [6.45, 7) is 8.90. The highest BCUT2D eigenvalue weighted by molar-refractivity contribution is 6.02. The standard InChI is InChI=1S/C12H22N2O2/c1-9(2)13-8-7-12(3,4)14-10(15)5-6-11(14)16/h9,13H,5-8H2,1-4H3. The Morgan fingerprint density at radius 2 is 1.75 bits per heavy atom. The molecule has 1 saturated heterocycles. The summed E-state index contributed by atoms with van der Waals surface area (Å²) < 4.78 is 0. The van der Waals surface area contributed by atoms with Gasteiger partial charge in [-0.15, -0.1) is 0 Å². The molecular weight excluding hydrogens is 204 g/mol. The molecule has 1 heterocycles. The topological polar surface area (TPSA) is 49.4 Å². The van der Waals surface area contributed by atoms with E-state index in [1.165, 1.54) is 4.90 Å². The SMILES string of the molecule is CC(C)NCCC(C)(C)N1C(=O)CCC1=O. The zero-order valence-electron chi connectivity index (χ0n) is 10.7. The molecule has 0 bridgehead atoms. The third kappa shape index (κ3) is 3.04. The molecule has 0 atom stereocenters. The van der Waals surface area contributed by atoms with E-state index in [4.69, 9.17) is 0 Å². The van der Waals surface area contributed by atoms with Crippen LogP contribution < -0.4 is 5.32 Å². The molecule has 16 heavy (non-hydrogen) atoms. The summed E-state index contributed by atoms with van der Waals surface area (Å²) in [6.07, 6.45) is 1.54. The number of carbonyl (C=O) groups excluding carboxylic acids is 2. The van der Waals surface area contributed by atoms with Crippen molar-refractivity contribution in [2.24, 2.45) is 0 Å². The van der Waals surface area contributed by atoms with E-state index < -0.39 is 0 Å². The Morgan fingerprint density at radius 1 is 1.25 bits per heavy atom. The van der Waals surface area contributed by atoms with E-state index in [2.05, 4.69) is 19.2 Å². The fourth-order valence-corrected chi connectivity index (χ4v) is 2.03. The largest absolute Gasteiger partial charge is 0.314 e. The molecule has 1 aliphatic heterocycles. The van der Waals surface area contributed by atoms with Crippen LogP contribution in [-0.2, 0) is 9.59 Å². The van der Waals surface area contributed by atoms with Crippen molar-refractivity contribution in [3.63, 3.8) is 0 Å². The molecule has 4 heteroatoms. The van der Waals surface area contributed by atoms with Gasteiger partial charge in [0, 0.05) is 24.4 Å². The van der Waals surface area contributed by atoms with Crippen LogP contribution in [0, 0.1) is 0 Å². The molecule has 1 rings (SSSR count). The quantitative estimate of drug-likeness (QED) is 0.719. The molecule has 1 aliphatic rings. The second kappa shape index (κ2) is 4.95. The summed E-state index contributed by atoms with van der Waals surface area (Å²) in [5.41, 5.74) is -0.368. The van der Waals surface area contributed by atoms with Gasteiger partial charge in [-0.2, -0.15) is 0 Å². The van der Waals surface area contributed by atoms with Crippen LogP contribution in [0.25, 0.3) is 0 Å². The van der Waals surface area contributed by atoms with E-state index in [0.29, 0.717) is 18.9 Å². The molecular formula is C12H22N2O2. The number of amides is 2. The van der Waals surface area contributed by atoms with Crippen LogP contribution in [-0.4, -0.2) is 34.8 Å². The fraction of sp³-hybridized carbons (Fsp3) is 0.833. The fourth-order valence-electron chi connectivity index (χ4n) is 2.03. The number of hydrogen-bond donors (Lipinski definition) is 1. The van der Waals surface area contributed by atoms with Gasteiger partial charge in [-0.25, -0.2) is 0 Å². The molecule has 4 nitrogen and oxygen atoms in total. The molecule has 1 N–H and O–H groups in total. The Bertz CT molecular complexity index is 269. The Hall–Kier alpha value is -0.900. The number of rotatable bonds is 5. The molecule has 0 aromatic heterocycles. The van der Waals surface area contributed by atoms with Crippen molar-refractivity contribution in [3.8, 4) is 0 Å². The van der Waals surface area contributed by atoms with Crippen molar-refractivity contribution in [2.75, 3.05) is 6.54 Å². The number of imide groups is 1. The van der Waals surface area contributed by atoms with E-state index in [0.717, 1.165) is 13.0 Å². The monoisotopic (exact) mass is 226 g/mol. The van der Waals surface area contributed by atoms with E-state index in [1.54, 1.807) is 0 Å². The highest BCUT2D eigenvalue weighted by atomic mass is 16.2. The minimum absolute atomic E-state index is 0.0282. The predicted octanol–water partition coefficient (Wildman–Crippen LogP) is 1.30. The van der Waals surface area contributed by atoms with Crippen molar-refractivity contribution >= 4 is 11.8 Å². The molecule has 0 unspecified atom stereocenters. The summed E-state index contributed by atoms with van der Waals surface area (Å²) in [4.78, 5) is 24.7. The van der Waals surface area contributed by atoms with Crippen LogP contribution in [0.5, 0.6) is 0 Å². The maximum Gasteiger partial charge on any atom is 0.230 e. The molecule has 0 spiro atoms. The average molecular weight is 226 g/mol. The van der Waals surface area contributed by atoms with Gasteiger partial charge in [0.1, 0.15) is 0 Å². The van der Waals surface area contributed by atoms with Crippen LogP contribution in [0.2, 0.25) is 0 Å². The molecule has 0 aliphatic carbocycles. The first-order valence-corrected chi connectivity index (χ1v) is 5.94. The van der Waals surface area contributed by atoms with Crippen LogP contribution in [0.3, 0.4) is 0 Å². The average Bonchev–Trinajstić information content (AvgIpc) is 2.45. The normalized spacial score (nSPS) is 17.7. The molecule has 0 aromatic rings. The number of likely N-dealkylation sites (tertiary alicyclic amines) is 1. The molecule has 0 radical (unpaired) electrons. The Balaban J connectivity index is 2.55. The van der Waals surface area contributed by atoms with Gasteiger partial charge < -0.3 is 5.32 Å². The van der Waals surface area contributed by atoms with Crippen LogP contribution in [0.1, 0.15) is 47.0 Å². The van der Waals surface area contributed by atoms with Crippen molar-refractivity contribution in [2.45, 2.75) is 58.5 Å². The van der Waals surface area contributed by atoms with Crippen LogP contribution >= 0.6 is 0 Å². The molecule has 0 saturated carbocycles. The van der Waals surface area contributed by atoms with E-state index in [-0.39, 0.29) is 17.4 Å². The summed E-state index contributed by atoms with van der Waals surface area (Å²) in [5.74, 6) is -0.0564. The number of hydrogen-bond acceptors (Lipinski definition) is 3. The van der Waals surface area contributed by atoms with Crippen molar-refractivity contribution in [3.05, 3.63) is 0 Å². The van der Waals surface area contributed by atoms with Gasteiger partial charge in [-0.3, -0.25) is 14.5 Å². The maximum atomic E-state index is 11.6. The van der Waals surface area contributed by atoms with E-state index in [1.807, 2.05) is 13.8 Å². The lowest BCUT2D eigenvalue weighted by Gasteiger charge is -2.34. The summed E-state index contributed by atoms with van der Waals surface area (Å²) in [5, 5.41) is 3.31. The minimum Gasteiger partial charge on any atom is -0.314 e. The zero-order valence-corrected chi connectivity index (χ0v) is 10.7. The third-order valence-electron chi connectivity index (χ3n) is 2.95.